The number of carbonyl (C=O) groups is 1. The van der Waals surface area contributed by atoms with Gasteiger partial charge in [-0.3, -0.25) is 4.90 Å². The number of nitrogens with zero attached hydrogens (tertiary/aromatic N) is 2. The van der Waals surface area contributed by atoms with Gasteiger partial charge in [-0.15, -0.1) is 0 Å². The molecule has 1 aliphatic heterocycles. The molecular weight excluding hydrogens is 348 g/mol. The zero-order valence-electron chi connectivity index (χ0n) is 17.1. The van der Waals surface area contributed by atoms with Gasteiger partial charge < -0.3 is 4.74 Å². The van der Waals surface area contributed by atoms with Gasteiger partial charge in [0.05, 0.1) is 12.3 Å². The first-order valence-corrected chi connectivity index (χ1v) is 10.2. The molecular formula is C24H30N2O2. The van der Waals surface area contributed by atoms with Crippen molar-refractivity contribution in [3.8, 4) is 0 Å². The molecule has 1 saturated heterocycles. The van der Waals surface area contributed by atoms with E-state index in [-0.39, 0.29) is 5.97 Å². The minimum atomic E-state index is -0.363. The highest BCUT2D eigenvalue weighted by atomic mass is 16.5. The molecule has 1 fully saturated rings. The van der Waals surface area contributed by atoms with Gasteiger partial charge in [-0.05, 0) is 56.5 Å². The molecule has 3 rings (SSSR count). The van der Waals surface area contributed by atoms with Crippen molar-refractivity contribution in [2.45, 2.75) is 33.6 Å². The Kier molecular flexibility index (Phi) is 6.99. The predicted octanol–water partition coefficient (Wildman–Crippen LogP) is 4.73. The number of carbonyl (C=O) groups excluding carboxylic acids is 1. The van der Waals surface area contributed by atoms with E-state index in [1.165, 1.54) is 18.4 Å². The largest absolute Gasteiger partial charge is 0.461 e. The maximum Gasteiger partial charge on any atom is 0.356 e. The summed E-state index contributed by atoms with van der Waals surface area (Å²) in [4.78, 5) is 19.4. The lowest BCUT2D eigenvalue weighted by Gasteiger charge is -2.15. The normalized spacial score (nSPS) is 15.2. The van der Waals surface area contributed by atoms with Crippen LogP contribution in [0.3, 0.4) is 0 Å². The summed E-state index contributed by atoms with van der Waals surface area (Å²) in [5.74, 6) is -0.0611. The number of pyridine rings is 1. The van der Waals surface area contributed by atoms with Crippen LogP contribution in [0.4, 0.5) is 0 Å². The van der Waals surface area contributed by atoms with Crippen molar-refractivity contribution in [3.63, 3.8) is 0 Å². The fraction of sp³-hybridized carbons (Fsp3) is 0.417. The van der Waals surface area contributed by atoms with Crippen molar-refractivity contribution in [2.24, 2.45) is 5.92 Å². The van der Waals surface area contributed by atoms with Crippen molar-refractivity contribution in [3.05, 3.63) is 71.1 Å². The second-order valence-corrected chi connectivity index (χ2v) is 7.89. The fourth-order valence-electron chi connectivity index (χ4n) is 3.30. The summed E-state index contributed by atoms with van der Waals surface area (Å²) in [6, 6.07) is 14.0. The van der Waals surface area contributed by atoms with E-state index >= 15 is 0 Å². The SMILES string of the molecule is Cc1ccc(/C(=C\CN2CCCC2)c2cccc(C(=O)OCC(C)C)n2)cc1. The standard InChI is InChI=1S/C24H30N2O2/c1-18(2)17-28-24(27)23-8-6-7-22(25-23)21(13-16-26-14-4-5-15-26)20-11-9-19(3)10-12-20/h6-13,18H,4-5,14-17H2,1-3H3/b21-13+. The third kappa shape index (κ3) is 5.52. The second-order valence-electron chi connectivity index (χ2n) is 7.89. The Morgan fingerprint density at radius 2 is 1.79 bits per heavy atom. The van der Waals surface area contributed by atoms with Crippen molar-refractivity contribution >= 4 is 11.5 Å². The number of hydrogen-bond donors (Lipinski definition) is 0. The van der Waals surface area contributed by atoms with Crippen molar-refractivity contribution < 1.29 is 9.53 Å². The molecule has 1 aromatic carbocycles. The molecule has 0 unspecified atom stereocenters. The van der Waals surface area contributed by atoms with Gasteiger partial charge in [0.1, 0.15) is 5.69 Å². The van der Waals surface area contributed by atoms with Gasteiger partial charge >= 0.3 is 5.97 Å². The summed E-state index contributed by atoms with van der Waals surface area (Å²) >= 11 is 0. The zero-order valence-corrected chi connectivity index (χ0v) is 17.1. The average Bonchev–Trinajstić information content (AvgIpc) is 3.21. The number of benzene rings is 1. The highest BCUT2D eigenvalue weighted by Gasteiger charge is 2.15. The first-order valence-electron chi connectivity index (χ1n) is 10.2. The Bertz CT molecular complexity index is 819. The summed E-state index contributed by atoms with van der Waals surface area (Å²) in [6.07, 6.45) is 4.77. The molecule has 1 aliphatic rings. The molecule has 4 heteroatoms. The van der Waals surface area contributed by atoms with Gasteiger partial charge in [0, 0.05) is 12.1 Å². The van der Waals surface area contributed by atoms with Gasteiger partial charge in [-0.2, -0.15) is 0 Å². The van der Waals surface area contributed by atoms with Gasteiger partial charge in [0.2, 0.25) is 0 Å². The molecule has 2 heterocycles. The molecule has 0 atom stereocenters. The van der Waals surface area contributed by atoms with Crippen LogP contribution in [-0.4, -0.2) is 42.1 Å². The molecule has 0 N–H and O–H groups in total. The molecule has 0 bridgehead atoms. The first kappa shape index (κ1) is 20.3. The summed E-state index contributed by atoms with van der Waals surface area (Å²) in [5, 5.41) is 0. The van der Waals surface area contributed by atoms with Crippen LogP contribution in [-0.2, 0) is 4.74 Å². The van der Waals surface area contributed by atoms with E-state index < -0.39 is 0 Å². The number of rotatable bonds is 7. The van der Waals surface area contributed by atoms with Gasteiger partial charge in [-0.25, -0.2) is 9.78 Å². The van der Waals surface area contributed by atoms with Crippen LogP contribution in [0.1, 0.15) is 54.0 Å². The lowest BCUT2D eigenvalue weighted by Crippen LogP contribution is -2.19. The van der Waals surface area contributed by atoms with Crippen molar-refractivity contribution in [1.82, 2.24) is 9.88 Å². The molecule has 28 heavy (non-hydrogen) atoms. The number of ether oxygens (including phenoxy) is 1. The highest BCUT2D eigenvalue weighted by molar-refractivity contribution is 5.88. The molecule has 4 nitrogen and oxygen atoms in total. The molecule has 148 valence electrons. The van der Waals surface area contributed by atoms with Crippen LogP contribution < -0.4 is 0 Å². The Hall–Kier alpha value is -2.46. The smallest absolute Gasteiger partial charge is 0.356 e. The van der Waals surface area contributed by atoms with E-state index in [1.54, 1.807) is 6.07 Å². The Balaban J connectivity index is 1.88. The topological polar surface area (TPSA) is 42.4 Å². The number of esters is 1. The van der Waals surface area contributed by atoms with E-state index in [9.17, 15) is 4.79 Å². The van der Waals surface area contributed by atoms with E-state index in [0.717, 1.165) is 36.5 Å². The number of likely N-dealkylation sites (tertiary alicyclic amines) is 1. The highest BCUT2D eigenvalue weighted by Crippen LogP contribution is 2.23. The van der Waals surface area contributed by atoms with Crippen LogP contribution in [0, 0.1) is 12.8 Å². The first-order chi connectivity index (χ1) is 13.5. The predicted molar refractivity (Wildman–Crippen MR) is 113 cm³/mol. The lowest BCUT2D eigenvalue weighted by atomic mass is 10.00. The molecule has 1 aromatic heterocycles. The zero-order chi connectivity index (χ0) is 19.9. The van der Waals surface area contributed by atoms with Crippen LogP contribution in [0.2, 0.25) is 0 Å². The minimum absolute atomic E-state index is 0.301. The molecule has 2 aromatic rings. The Morgan fingerprint density at radius 1 is 1.11 bits per heavy atom. The van der Waals surface area contributed by atoms with Gasteiger partial charge in [-0.1, -0.05) is 55.8 Å². The lowest BCUT2D eigenvalue weighted by molar-refractivity contribution is 0.0452. The maximum absolute atomic E-state index is 12.4. The monoisotopic (exact) mass is 378 g/mol. The van der Waals surface area contributed by atoms with Crippen molar-refractivity contribution in [1.29, 1.82) is 0 Å². The molecule has 0 spiro atoms. The third-order valence-electron chi connectivity index (χ3n) is 4.90. The summed E-state index contributed by atoms with van der Waals surface area (Å²) in [7, 11) is 0. The molecule has 0 amide bonds. The average molecular weight is 379 g/mol. The van der Waals surface area contributed by atoms with Gasteiger partial charge in [0.25, 0.3) is 0 Å². The molecule has 0 aliphatic carbocycles. The van der Waals surface area contributed by atoms with Crippen LogP contribution in [0.5, 0.6) is 0 Å². The maximum atomic E-state index is 12.4. The summed E-state index contributed by atoms with van der Waals surface area (Å²) < 4.78 is 5.36. The van der Waals surface area contributed by atoms with Crippen LogP contribution >= 0.6 is 0 Å². The number of hydrogen-bond acceptors (Lipinski definition) is 4. The molecule has 0 saturated carbocycles. The summed E-state index contributed by atoms with van der Waals surface area (Å²) in [6.45, 7) is 9.72. The Morgan fingerprint density at radius 3 is 2.46 bits per heavy atom. The number of aryl methyl sites for hydroxylation is 1. The van der Waals surface area contributed by atoms with E-state index in [4.69, 9.17) is 4.74 Å². The third-order valence-corrected chi connectivity index (χ3v) is 4.90. The Labute approximate surface area is 168 Å². The van der Waals surface area contributed by atoms with Gasteiger partial charge in [0.15, 0.2) is 0 Å². The summed E-state index contributed by atoms with van der Waals surface area (Å²) in [5.41, 5.74) is 4.57. The van der Waals surface area contributed by atoms with E-state index in [1.807, 2.05) is 26.0 Å². The van der Waals surface area contributed by atoms with E-state index in [2.05, 4.69) is 47.1 Å². The fourth-order valence-corrected chi connectivity index (χ4v) is 3.30. The van der Waals surface area contributed by atoms with Crippen molar-refractivity contribution in [2.75, 3.05) is 26.2 Å². The van der Waals surface area contributed by atoms with Crippen LogP contribution in [0.25, 0.3) is 5.57 Å². The number of aromatic nitrogens is 1. The minimum Gasteiger partial charge on any atom is -0.461 e. The molecule has 0 radical (unpaired) electrons. The van der Waals surface area contributed by atoms with Crippen LogP contribution in [0.15, 0.2) is 48.5 Å². The van der Waals surface area contributed by atoms with E-state index in [0.29, 0.717) is 18.2 Å². The second kappa shape index (κ2) is 9.65. The quantitative estimate of drug-likeness (QED) is 0.653.